The van der Waals surface area contributed by atoms with Crippen LogP contribution in [-0.2, 0) is 9.53 Å². The molecule has 0 N–H and O–H groups in total. The van der Waals surface area contributed by atoms with Gasteiger partial charge in [-0.2, -0.15) is 0 Å². The number of epoxide rings is 1. The highest BCUT2D eigenvalue weighted by molar-refractivity contribution is 5.90. The minimum atomic E-state index is -0.409. The van der Waals surface area contributed by atoms with Gasteiger partial charge in [-0.15, -0.1) is 0 Å². The van der Waals surface area contributed by atoms with Crippen LogP contribution in [0.2, 0.25) is 0 Å². The Kier molecular flexibility index (Phi) is 1.35. The van der Waals surface area contributed by atoms with Gasteiger partial charge < -0.3 is 4.74 Å². The summed E-state index contributed by atoms with van der Waals surface area (Å²) in [4.78, 5) is 11.1. The van der Waals surface area contributed by atoms with Crippen molar-refractivity contribution in [2.45, 2.75) is 26.4 Å². The van der Waals surface area contributed by atoms with E-state index in [-0.39, 0.29) is 11.7 Å². The second kappa shape index (κ2) is 1.81. The standard InChI is InChI=1S/C7H12O2/c1-5(2)6(8)7(3)4-9-7/h5H,4H2,1-3H3. The SMILES string of the molecule is CC(C)C(=O)C1(C)CO1. The van der Waals surface area contributed by atoms with E-state index in [1.165, 1.54) is 0 Å². The van der Waals surface area contributed by atoms with Crippen LogP contribution in [0, 0.1) is 5.92 Å². The van der Waals surface area contributed by atoms with E-state index >= 15 is 0 Å². The molecule has 1 heterocycles. The van der Waals surface area contributed by atoms with Crippen LogP contribution >= 0.6 is 0 Å². The van der Waals surface area contributed by atoms with Crippen LogP contribution in [0.5, 0.6) is 0 Å². The van der Waals surface area contributed by atoms with Crippen molar-refractivity contribution in [1.29, 1.82) is 0 Å². The Balaban J connectivity index is 2.53. The minimum Gasteiger partial charge on any atom is -0.362 e. The molecule has 0 radical (unpaired) electrons. The Bertz CT molecular complexity index is 134. The third-order valence-corrected chi connectivity index (χ3v) is 1.62. The van der Waals surface area contributed by atoms with Gasteiger partial charge in [0, 0.05) is 5.92 Å². The Labute approximate surface area is 55.2 Å². The molecular formula is C7H12O2. The quantitative estimate of drug-likeness (QED) is 0.519. The second-order valence-corrected chi connectivity index (χ2v) is 3.04. The fraction of sp³-hybridized carbons (Fsp3) is 0.857. The van der Waals surface area contributed by atoms with Gasteiger partial charge in [0.15, 0.2) is 5.78 Å². The van der Waals surface area contributed by atoms with Crippen LogP contribution in [0.3, 0.4) is 0 Å². The molecule has 0 aliphatic carbocycles. The van der Waals surface area contributed by atoms with Crippen LogP contribution in [0.4, 0.5) is 0 Å². The van der Waals surface area contributed by atoms with Gasteiger partial charge >= 0.3 is 0 Å². The van der Waals surface area contributed by atoms with E-state index in [1.807, 2.05) is 20.8 Å². The van der Waals surface area contributed by atoms with Gasteiger partial charge in [0.2, 0.25) is 0 Å². The predicted octanol–water partition coefficient (Wildman–Crippen LogP) is 1.00. The molecule has 0 aromatic rings. The van der Waals surface area contributed by atoms with Crippen LogP contribution in [0.1, 0.15) is 20.8 Å². The highest BCUT2D eigenvalue weighted by atomic mass is 16.6. The van der Waals surface area contributed by atoms with Crippen molar-refractivity contribution < 1.29 is 9.53 Å². The zero-order chi connectivity index (χ0) is 7.07. The van der Waals surface area contributed by atoms with Gasteiger partial charge in [0.25, 0.3) is 0 Å². The number of carbonyl (C=O) groups is 1. The first kappa shape index (κ1) is 6.75. The van der Waals surface area contributed by atoms with E-state index in [9.17, 15) is 4.79 Å². The summed E-state index contributed by atoms with van der Waals surface area (Å²) in [5, 5.41) is 0. The lowest BCUT2D eigenvalue weighted by Gasteiger charge is -2.05. The van der Waals surface area contributed by atoms with E-state index < -0.39 is 5.60 Å². The van der Waals surface area contributed by atoms with E-state index in [1.54, 1.807) is 0 Å². The molecule has 1 rings (SSSR count). The average molecular weight is 128 g/mol. The van der Waals surface area contributed by atoms with E-state index in [0.717, 1.165) is 0 Å². The van der Waals surface area contributed by atoms with Crippen molar-refractivity contribution in [3.63, 3.8) is 0 Å². The molecule has 1 atom stereocenters. The average Bonchev–Trinajstić information content (AvgIpc) is 2.47. The van der Waals surface area contributed by atoms with Crippen molar-refractivity contribution in [3.8, 4) is 0 Å². The number of ether oxygens (including phenoxy) is 1. The highest BCUT2D eigenvalue weighted by Gasteiger charge is 2.47. The van der Waals surface area contributed by atoms with Crippen molar-refractivity contribution >= 4 is 5.78 Å². The van der Waals surface area contributed by atoms with Crippen LogP contribution < -0.4 is 0 Å². The summed E-state index contributed by atoms with van der Waals surface area (Å²) in [6, 6.07) is 0. The lowest BCUT2D eigenvalue weighted by Crippen LogP contribution is -2.25. The van der Waals surface area contributed by atoms with Gasteiger partial charge in [-0.1, -0.05) is 13.8 Å². The minimum absolute atomic E-state index is 0.109. The molecule has 1 unspecified atom stereocenters. The zero-order valence-corrected chi connectivity index (χ0v) is 6.10. The first-order chi connectivity index (χ1) is 4.06. The summed E-state index contributed by atoms with van der Waals surface area (Å²) in [5.74, 6) is 0.333. The van der Waals surface area contributed by atoms with E-state index in [2.05, 4.69) is 0 Å². The number of ketones is 1. The Hall–Kier alpha value is -0.370. The first-order valence-electron chi connectivity index (χ1n) is 3.24. The lowest BCUT2D eigenvalue weighted by atomic mass is 9.98. The molecule has 2 nitrogen and oxygen atoms in total. The maximum atomic E-state index is 11.1. The number of carbonyl (C=O) groups excluding carboxylic acids is 1. The molecule has 9 heavy (non-hydrogen) atoms. The summed E-state index contributed by atoms with van der Waals surface area (Å²) in [7, 11) is 0. The molecule has 1 aliphatic rings. The molecule has 0 aromatic carbocycles. The number of rotatable bonds is 2. The molecule has 52 valence electrons. The van der Waals surface area contributed by atoms with Gasteiger partial charge in [0.05, 0.1) is 6.61 Å². The zero-order valence-electron chi connectivity index (χ0n) is 6.10. The van der Waals surface area contributed by atoms with Crippen molar-refractivity contribution in [2.75, 3.05) is 6.61 Å². The first-order valence-corrected chi connectivity index (χ1v) is 3.24. The molecule has 2 heteroatoms. The smallest absolute Gasteiger partial charge is 0.169 e. The Morgan fingerprint density at radius 3 is 2.22 bits per heavy atom. The lowest BCUT2D eigenvalue weighted by molar-refractivity contribution is -0.126. The summed E-state index contributed by atoms with van der Waals surface area (Å²) in [6.45, 7) is 6.25. The highest BCUT2D eigenvalue weighted by Crippen LogP contribution is 2.29. The van der Waals surface area contributed by atoms with Crippen molar-refractivity contribution in [3.05, 3.63) is 0 Å². The van der Waals surface area contributed by atoms with Gasteiger partial charge in [-0.3, -0.25) is 4.79 Å². The number of hydrogen-bond donors (Lipinski definition) is 0. The van der Waals surface area contributed by atoms with Crippen LogP contribution in [-0.4, -0.2) is 18.0 Å². The normalized spacial score (nSPS) is 32.9. The van der Waals surface area contributed by atoms with E-state index in [4.69, 9.17) is 4.74 Å². The second-order valence-electron chi connectivity index (χ2n) is 3.04. The van der Waals surface area contributed by atoms with Crippen LogP contribution in [0.15, 0.2) is 0 Å². The summed E-state index contributed by atoms with van der Waals surface area (Å²) < 4.78 is 4.97. The van der Waals surface area contributed by atoms with Gasteiger partial charge in [0.1, 0.15) is 5.60 Å². The van der Waals surface area contributed by atoms with Crippen molar-refractivity contribution in [2.24, 2.45) is 5.92 Å². The van der Waals surface area contributed by atoms with Crippen molar-refractivity contribution in [1.82, 2.24) is 0 Å². The maximum Gasteiger partial charge on any atom is 0.169 e. The topological polar surface area (TPSA) is 29.6 Å². The molecule has 0 aromatic heterocycles. The molecule has 1 fully saturated rings. The number of hydrogen-bond acceptors (Lipinski definition) is 2. The third kappa shape index (κ3) is 1.13. The largest absolute Gasteiger partial charge is 0.362 e. The fourth-order valence-electron chi connectivity index (χ4n) is 0.861. The molecular weight excluding hydrogens is 116 g/mol. The Morgan fingerprint density at radius 1 is 1.67 bits per heavy atom. The predicted molar refractivity (Wildman–Crippen MR) is 34.2 cm³/mol. The summed E-state index contributed by atoms with van der Waals surface area (Å²) >= 11 is 0. The summed E-state index contributed by atoms with van der Waals surface area (Å²) in [6.07, 6.45) is 0. The third-order valence-electron chi connectivity index (χ3n) is 1.62. The van der Waals surface area contributed by atoms with E-state index in [0.29, 0.717) is 6.61 Å². The fourth-order valence-corrected chi connectivity index (χ4v) is 0.861. The molecule has 0 saturated carbocycles. The van der Waals surface area contributed by atoms with Gasteiger partial charge in [-0.05, 0) is 6.92 Å². The Morgan fingerprint density at radius 2 is 2.11 bits per heavy atom. The molecule has 0 amide bonds. The monoisotopic (exact) mass is 128 g/mol. The molecule has 1 saturated heterocycles. The molecule has 0 spiro atoms. The maximum absolute atomic E-state index is 11.1. The number of Topliss-reactive ketones (excluding diaryl/α,β-unsaturated/α-hetero) is 1. The molecule has 0 bridgehead atoms. The summed E-state index contributed by atoms with van der Waals surface area (Å²) in [5.41, 5.74) is -0.409. The van der Waals surface area contributed by atoms with Crippen LogP contribution in [0.25, 0.3) is 0 Å². The molecule has 1 aliphatic heterocycles. The van der Waals surface area contributed by atoms with Gasteiger partial charge in [-0.25, -0.2) is 0 Å².